The number of nitrogens with zero attached hydrogens (tertiary/aromatic N) is 3. The lowest BCUT2D eigenvalue weighted by atomic mass is 10.0. The molecule has 5 rings (SSSR count). The molecule has 4 aromatic rings. The highest BCUT2D eigenvalue weighted by atomic mass is 32.2. The molecule has 0 radical (unpaired) electrons. The van der Waals surface area contributed by atoms with E-state index in [0.29, 0.717) is 11.0 Å². The van der Waals surface area contributed by atoms with Crippen LogP contribution in [0.4, 0.5) is 10.1 Å². The maximum atomic E-state index is 14.1. The van der Waals surface area contributed by atoms with Crippen LogP contribution in [0.5, 0.6) is 5.75 Å². The fourth-order valence-electron chi connectivity index (χ4n) is 3.53. The van der Waals surface area contributed by atoms with Crippen LogP contribution in [-0.2, 0) is 11.4 Å². The zero-order chi connectivity index (χ0) is 22.6. The number of thioether (sulfide) groups is 1. The molecule has 7 nitrogen and oxygen atoms in total. The van der Waals surface area contributed by atoms with Gasteiger partial charge in [-0.1, -0.05) is 72.4 Å². The number of nitrogens with one attached hydrogen (secondary N) is 2. The summed E-state index contributed by atoms with van der Waals surface area (Å²) in [5.74, 6) is 0.484. The first-order chi connectivity index (χ1) is 16.2. The molecule has 9 heteroatoms. The molecule has 1 aromatic heterocycles. The smallest absolute Gasteiger partial charge is 0.240 e. The van der Waals surface area contributed by atoms with Crippen LogP contribution in [0.3, 0.4) is 0 Å². The number of benzene rings is 3. The van der Waals surface area contributed by atoms with Crippen molar-refractivity contribution in [3.63, 3.8) is 0 Å². The Balaban J connectivity index is 1.41. The van der Waals surface area contributed by atoms with Crippen molar-refractivity contribution < 1.29 is 13.9 Å². The minimum atomic E-state index is -0.605. The summed E-state index contributed by atoms with van der Waals surface area (Å²) in [6, 6.07) is 24.8. The molecule has 0 aliphatic carbocycles. The summed E-state index contributed by atoms with van der Waals surface area (Å²) in [7, 11) is 0. The van der Waals surface area contributed by atoms with E-state index in [4.69, 9.17) is 4.74 Å². The van der Waals surface area contributed by atoms with E-state index in [1.807, 2.05) is 60.7 Å². The van der Waals surface area contributed by atoms with E-state index in [1.54, 1.807) is 16.8 Å². The van der Waals surface area contributed by atoms with Gasteiger partial charge in [-0.3, -0.25) is 4.79 Å². The van der Waals surface area contributed by atoms with E-state index in [-0.39, 0.29) is 18.2 Å². The van der Waals surface area contributed by atoms with Crippen LogP contribution < -0.4 is 15.5 Å². The molecule has 2 atom stereocenters. The van der Waals surface area contributed by atoms with Crippen molar-refractivity contribution in [1.29, 1.82) is 0 Å². The summed E-state index contributed by atoms with van der Waals surface area (Å²) in [6.45, 7) is 0.207. The van der Waals surface area contributed by atoms with E-state index in [2.05, 4.69) is 20.9 Å². The Hall–Kier alpha value is -3.85. The topological polar surface area (TPSA) is 81.1 Å². The molecule has 0 bridgehead atoms. The summed E-state index contributed by atoms with van der Waals surface area (Å²) < 4.78 is 21.7. The number of aromatic nitrogens is 3. The number of carbonyl (C=O) groups excluding carboxylic acids is 1. The summed E-state index contributed by atoms with van der Waals surface area (Å²) >= 11 is 1.27. The molecule has 166 valence electrons. The van der Waals surface area contributed by atoms with Crippen LogP contribution in [-0.4, -0.2) is 26.0 Å². The van der Waals surface area contributed by atoms with Crippen molar-refractivity contribution >= 4 is 23.4 Å². The number of fused-ring (bicyclic) bond motifs is 1. The van der Waals surface area contributed by atoms with Crippen LogP contribution in [0.15, 0.2) is 90.1 Å². The van der Waals surface area contributed by atoms with Crippen LogP contribution in [0.1, 0.15) is 17.4 Å². The van der Waals surface area contributed by atoms with Crippen molar-refractivity contribution in [2.45, 2.75) is 23.1 Å². The lowest BCUT2D eigenvalue weighted by molar-refractivity contribution is -0.116. The quantitative estimate of drug-likeness (QED) is 0.443. The van der Waals surface area contributed by atoms with Gasteiger partial charge in [0, 0.05) is 0 Å². The molecule has 1 aliphatic heterocycles. The van der Waals surface area contributed by atoms with Crippen LogP contribution >= 0.6 is 11.8 Å². The molecular formula is C24H20FN5O2S. The van der Waals surface area contributed by atoms with Crippen molar-refractivity contribution in [1.82, 2.24) is 14.9 Å². The molecule has 33 heavy (non-hydrogen) atoms. The van der Waals surface area contributed by atoms with Gasteiger partial charge in [0.15, 0.2) is 5.82 Å². The van der Waals surface area contributed by atoms with Crippen molar-refractivity contribution in [2.24, 2.45) is 0 Å². The number of hydrogen-bond donors (Lipinski definition) is 2. The van der Waals surface area contributed by atoms with Gasteiger partial charge in [0.25, 0.3) is 0 Å². The van der Waals surface area contributed by atoms with E-state index >= 15 is 0 Å². The molecule has 0 saturated heterocycles. The Kier molecular flexibility index (Phi) is 5.95. The van der Waals surface area contributed by atoms with Gasteiger partial charge < -0.3 is 15.5 Å². The Labute approximate surface area is 194 Å². The van der Waals surface area contributed by atoms with Gasteiger partial charge in [0.1, 0.15) is 23.4 Å². The number of ether oxygens (including phenoxy) is 1. The zero-order valence-corrected chi connectivity index (χ0v) is 18.2. The highest BCUT2D eigenvalue weighted by molar-refractivity contribution is 8.00. The molecule has 2 unspecified atom stereocenters. The summed E-state index contributed by atoms with van der Waals surface area (Å²) in [5, 5.41) is 11.1. The van der Waals surface area contributed by atoms with Gasteiger partial charge in [-0.2, -0.15) is 0 Å². The predicted octanol–water partition coefficient (Wildman–Crippen LogP) is 4.39. The minimum absolute atomic E-state index is 0.138. The van der Waals surface area contributed by atoms with Gasteiger partial charge in [-0.05, 0) is 29.8 Å². The number of anilines is 1. The third kappa shape index (κ3) is 4.54. The van der Waals surface area contributed by atoms with Gasteiger partial charge in [-0.15, -0.1) is 10.2 Å². The molecule has 1 aliphatic rings. The first-order valence-electron chi connectivity index (χ1n) is 10.3. The number of amides is 1. The Morgan fingerprint density at radius 2 is 1.70 bits per heavy atom. The summed E-state index contributed by atoms with van der Waals surface area (Å²) in [6.07, 6.45) is 0. The van der Waals surface area contributed by atoms with Gasteiger partial charge in [-0.25, -0.2) is 9.07 Å². The minimum Gasteiger partial charge on any atom is -0.486 e. The third-order valence-electron chi connectivity index (χ3n) is 5.16. The van der Waals surface area contributed by atoms with E-state index in [0.717, 1.165) is 11.3 Å². The molecule has 1 amide bonds. The average molecular weight is 462 g/mol. The first kappa shape index (κ1) is 21.0. The van der Waals surface area contributed by atoms with E-state index < -0.39 is 17.1 Å². The lowest BCUT2D eigenvalue weighted by Gasteiger charge is -2.33. The highest BCUT2D eigenvalue weighted by Crippen LogP contribution is 2.37. The fraction of sp³-hybridized carbons (Fsp3) is 0.125. The molecule has 0 saturated carbocycles. The van der Waals surface area contributed by atoms with E-state index in [1.165, 1.54) is 23.9 Å². The second-order valence-corrected chi connectivity index (χ2v) is 8.47. The third-order valence-corrected chi connectivity index (χ3v) is 6.38. The lowest BCUT2D eigenvalue weighted by Crippen LogP contribution is -2.41. The average Bonchev–Trinajstić information content (AvgIpc) is 3.26. The Morgan fingerprint density at radius 3 is 2.45 bits per heavy atom. The van der Waals surface area contributed by atoms with E-state index in [9.17, 15) is 9.18 Å². The Bertz CT molecular complexity index is 1250. The zero-order valence-electron chi connectivity index (χ0n) is 17.4. The molecule has 0 fully saturated rings. The van der Waals surface area contributed by atoms with Gasteiger partial charge >= 0.3 is 0 Å². The number of rotatable bonds is 6. The molecular weight excluding hydrogens is 441 g/mol. The van der Waals surface area contributed by atoms with Crippen molar-refractivity contribution in [2.75, 3.05) is 10.7 Å². The van der Waals surface area contributed by atoms with Crippen LogP contribution in [0, 0.1) is 5.82 Å². The number of para-hydroxylation sites is 2. The monoisotopic (exact) mass is 461 g/mol. The maximum absolute atomic E-state index is 14.1. The molecule has 2 N–H and O–H groups in total. The van der Waals surface area contributed by atoms with Crippen molar-refractivity contribution in [3.8, 4) is 5.75 Å². The molecule has 0 spiro atoms. The van der Waals surface area contributed by atoms with Crippen LogP contribution in [0.2, 0.25) is 0 Å². The number of halogens is 1. The normalized spacial score (nSPS) is 17.0. The molecule has 3 aromatic carbocycles. The highest BCUT2D eigenvalue weighted by Gasteiger charge is 2.38. The maximum Gasteiger partial charge on any atom is 0.240 e. The van der Waals surface area contributed by atoms with Gasteiger partial charge in [0.05, 0.1) is 11.7 Å². The second-order valence-electron chi connectivity index (χ2n) is 7.36. The van der Waals surface area contributed by atoms with Crippen molar-refractivity contribution in [3.05, 3.63) is 102 Å². The Morgan fingerprint density at radius 1 is 1.00 bits per heavy atom. The standard InChI is InChI=1S/C24H20FN5O2S/c25-18-13-7-8-14-19(18)26-23(31)22-21(16-9-3-1-4-10-16)29-30-20(27-28-24(30)33-22)15-32-17-11-5-2-6-12-17/h1-14,21-22,29H,15H2,(H,26,31). The fourth-order valence-corrected chi connectivity index (χ4v) is 4.63. The molecule has 2 heterocycles. The second kappa shape index (κ2) is 9.33. The number of carbonyl (C=O) groups is 1. The predicted molar refractivity (Wildman–Crippen MR) is 124 cm³/mol. The largest absolute Gasteiger partial charge is 0.486 e. The summed E-state index contributed by atoms with van der Waals surface area (Å²) in [4.78, 5) is 13.2. The SMILES string of the molecule is O=C(Nc1ccccc1F)C1Sc2nnc(COc3ccccc3)n2NC1c1ccccc1. The van der Waals surface area contributed by atoms with Crippen LogP contribution in [0.25, 0.3) is 0 Å². The number of hydrogen-bond acceptors (Lipinski definition) is 6. The first-order valence-corrected chi connectivity index (χ1v) is 11.2. The summed E-state index contributed by atoms with van der Waals surface area (Å²) in [5.41, 5.74) is 4.41. The van der Waals surface area contributed by atoms with Gasteiger partial charge in [0.2, 0.25) is 11.1 Å².